The number of amides is 1. The molecule has 6 nitrogen and oxygen atoms in total. The van der Waals surface area contributed by atoms with Crippen molar-refractivity contribution in [2.45, 2.75) is 32.3 Å². The van der Waals surface area contributed by atoms with Crippen molar-refractivity contribution in [1.82, 2.24) is 10.3 Å². The Balaban J connectivity index is 1.68. The number of thiazole rings is 1. The number of carboxylic acid groups (broad SMARTS) is 1. The molecule has 0 aliphatic heterocycles. The Bertz CT molecular complexity index is 703. The number of hydrogen-bond acceptors (Lipinski definition) is 5. The third kappa shape index (κ3) is 7.53. The first-order valence-corrected chi connectivity index (χ1v) is 9.09. The Morgan fingerprint density at radius 2 is 2.00 bits per heavy atom. The van der Waals surface area contributed by atoms with E-state index in [2.05, 4.69) is 10.3 Å². The predicted octanol–water partition coefficient (Wildman–Crippen LogP) is 3.29. The van der Waals surface area contributed by atoms with Crippen LogP contribution >= 0.6 is 22.9 Å². The Labute approximate surface area is 154 Å². The number of carbonyl (C=O) groups excluding carboxylic acids is 1. The Kier molecular flexibility index (Phi) is 7.69. The smallest absolute Gasteiger partial charge is 0.303 e. The van der Waals surface area contributed by atoms with Gasteiger partial charge in [-0.15, -0.1) is 11.3 Å². The maximum Gasteiger partial charge on any atom is 0.303 e. The molecular weight excluding hydrogens is 364 g/mol. The number of carboxylic acids is 1. The molecule has 1 amide bonds. The summed E-state index contributed by atoms with van der Waals surface area (Å²) in [5, 5.41) is 14.6. The third-order valence-corrected chi connectivity index (χ3v) is 4.38. The van der Waals surface area contributed by atoms with Gasteiger partial charge in [0.05, 0.1) is 12.1 Å². The van der Waals surface area contributed by atoms with Crippen LogP contribution in [-0.2, 0) is 22.6 Å². The quantitative estimate of drug-likeness (QED) is 0.615. The summed E-state index contributed by atoms with van der Waals surface area (Å²) in [5.74, 6) is -0.229. The number of halogens is 1. The topological polar surface area (TPSA) is 88.5 Å². The molecule has 0 atom stereocenters. The summed E-state index contributed by atoms with van der Waals surface area (Å²) in [5.41, 5.74) is 0.697. The first-order chi connectivity index (χ1) is 12.0. The normalized spacial score (nSPS) is 10.4. The van der Waals surface area contributed by atoms with Gasteiger partial charge < -0.3 is 15.2 Å². The van der Waals surface area contributed by atoms with Crippen LogP contribution in [-0.4, -0.2) is 28.5 Å². The van der Waals surface area contributed by atoms with Gasteiger partial charge in [-0.1, -0.05) is 11.6 Å². The van der Waals surface area contributed by atoms with Crippen molar-refractivity contribution in [3.05, 3.63) is 45.4 Å². The molecule has 134 valence electrons. The highest BCUT2D eigenvalue weighted by molar-refractivity contribution is 7.09. The Hall–Kier alpha value is -2.12. The maximum atomic E-state index is 11.8. The van der Waals surface area contributed by atoms with Gasteiger partial charge in [-0.25, -0.2) is 4.98 Å². The van der Waals surface area contributed by atoms with Crippen molar-refractivity contribution in [2.24, 2.45) is 0 Å². The van der Waals surface area contributed by atoms with Gasteiger partial charge in [0.15, 0.2) is 0 Å². The number of nitrogens with zero attached hydrogens (tertiary/aromatic N) is 1. The lowest BCUT2D eigenvalue weighted by Gasteiger charge is -2.04. The Morgan fingerprint density at radius 3 is 2.72 bits per heavy atom. The van der Waals surface area contributed by atoms with Gasteiger partial charge in [-0.05, 0) is 37.1 Å². The number of nitrogens with one attached hydrogen (secondary N) is 1. The summed E-state index contributed by atoms with van der Waals surface area (Å²) in [6, 6.07) is 7.08. The average Bonchev–Trinajstić information content (AvgIpc) is 3.01. The van der Waals surface area contributed by atoms with E-state index in [4.69, 9.17) is 21.4 Å². The number of aromatic nitrogens is 1. The molecule has 1 aromatic heterocycles. The van der Waals surface area contributed by atoms with Gasteiger partial charge in [0.1, 0.15) is 17.4 Å². The molecule has 2 aromatic rings. The molecule has 2 N–H and O–H groups in total. The summed E-state index contributed by atoms with van der Waals surface area (Å²) in [6.07, 6.45) is 1.53. The van der Waals surface area contributed by atoms with Crippen LogP contribution in [0.5, 0.6) is 5.75 Å². The van der Waals surface area contributed by atoms with E-state index in [1.807, 2.05) is 5.38 Å². The highest BCUT2D eigenvalue weighted by Gasteiger charge is 2.08. The zero-order valence-electron chi connectivity index (χ0n) is 13.5. The average molecular weight is 383 g/mol. The fraction of sp³-hybridized carbons (Fsp3) is 0.353. The van der Waals surface area contributed by atoms with Gasteiger partial charge in [0.2, 0.25) is 5.91 Å². The second-order valence-electron chi connectivity index (χ2n) is 5.35. The van der Waals surface area contributed by atoms with Crippen LogP contribution in [0.3, 0.4) is 0 Å². The molecule has 0 bridgehead atoms. The summed E-state index contributed by atoms with van der Waals surface area (Å²) in [6.45, 7) is 0.811. The number of aliphatic carboxylic acids is 1. The maximum absolute atomic E-state index is 11.8. The lowest BCUT2D eigenvalue weighted by Crippen LogP contribution is -2.26. The number of rotatable bonds is 10. The zero-order chi connectivity index (χ0) is 18.1. The number of unbranched alkanes of at least 4 members (excludes halogenated alkanes) is 1. The van der Waals surface area contributed by atoms with Crippen LogP contribution in [0.1, 0.15) is 30.0 Å². The van der Waals surface area contributed by atoms with Crippen molar-refractivity contribution in [1.29, 1.82) is 0 Å². The Morgan fingerprint density at radius 1 is 1.24 bits per heavy atom. The fourth-order valence-electron chi connectivity index (χ4n) is 2.03. The number of hydrogen-bond donors (Lipinski definition) is 2. The second-order valence-corrected chi connectivity index (χ2v) is 6.73. The predicted molar refractivity (Wildman–Crippen MR) is 96.1 cm³/mol. The van der Waals surface area contributed by atoms with Crippen molar-refractivity contribution < 1.29 is 19.4 Å². The SMILES string of the molecule is O=C(O)CCCCNC(=O)Cc1csc(COc2ccc(Cl)cc2)n1. The van der Waals surface area contributed by atoms with Crippen LogP contribution in [0.15, 0.2) is 29.6 Å². The van der Waals surface area contributed by atoms with Crippen LogP contribution in [0.2, 0.25) is 5.02 Å². The van der Waals surface area contributed by atoms with Crippen LogP contribution in [0.25, 0.3) is 0 Å². The zero-order valence-corrected chi connectivity index (χ0v) is 15.1. The molecule has 0 radical (unpaired) electrons. The molecule has 0 fully saturated rings. The minimum Gasteiger partial charge on any atom is -0.486 e. The molecule has 0 saturated carbocycles. The minimum absolute atomic E-state index is 0.120. The van der Waals surface area contributed by atoms with Gasteiger partial charge in [-0.2, -0.15) is 0 Å². The van der Waals surface area contributed by atoms with Crippen molar-refractivity contribution in [3.63, 3.8) is 0 Å². The fourth-order valence-corrected chi connectivity index (χ4v) is 2.86. The first kappa shape index (κ1) is 19.2. The highest BCUT2D eigenvalue weighted by atomic mass is 35.5. The van der Waals surface area contributed by atoms with E-state index in [0.29, 0.717) is 42.5 Å². The van der Waals surface area contributed by atoms with Gasteiger partial charge in [0.25, 0.3) is 0 Å². The van der Waals surface area contributed by atoms with Crippen LogP contribution < -0.4 is 10.1 Å². The van der Waals surface area contributed by atoms with E-state index in [0.717, 1.165) is 5.01 Å². The molecule has 2 rings (SSSR count). The molecule has 0 unspecified atom stereocenters. The lowest BCUT2D eigenvalue weighted by atomic mass is 10.2. The van der Waals surface area contributed by atoms with Gasteiger partial charge in [-0.3, -0.25) is 9.59 Å². The largest absolute Gasteiger partial charge is 0.486 e. The second kappa shape index (κ2) is 10.0. The standard InChI is InChI=1S/C17H19ClN2O4S/c18-12-4-6-14(7-5-12)24-10-16-20-13(11-25-16)9-15(21)19-8-2-1-3-17(22)23/h4-7,11H,1-3,8-10H2,(H,19,21)(H,22,23). The van der Waals surface area contributed by atoms with E-state index in [1.165, 1.54) is 11.3 Å². The lowest BCUT2D eigenvalue weighted by molar-refractivity contribution is -0.137. The van der Waals surface area contributed by atoms with Crippen LogP contribution in [0.4, 0.5) is 0 Å². The molecule has 0 aliphatic rings. The van der Waals surface area contributed by atoms with E-state index in [-0.39, 0.29) is 18.7 Å². The number of carbonyl (C=O) groups is 2. The molecule has 8 heteroatoms. The molecule has 1 heterocycles. The van der Waals surface area contributed by atoms with E-state index in [9.17, 15) is 9.59 Å². The highest BCUT2D eigenvalue weighted by Crippen LogP contribution is 2.18. The van der Waals surface area contributed by atoms with Crippen molar-refractivity contribution in [3.8, 4) is 5.75 Å². The van der Waals surface area contributed by atoms with E-state index >= 15 is 0 Å². The molecular formula is C17H19ClN2O4S. The molecule has 1 aromatic carbocycles. The van der Waals surface area contributed by atoms with Crippen LogP contribution in [0, 0.1) is 0 Å². The van der Waals surface area contributed by atoms with E-state index < -0.39 is 5.97 Å². The number of benzene rings is 1. The summed E-state index contributed by atoms with van der Waals surface area (Å²) in [7, 11) is 0. The minimum atomic E-state index is -0.817. The van der Waals surface area contributed by atoms with Gasteiger partial charge >= 0.3 is 5.97 Å². The number of ether oxygens (including phenoxy) is 1. The molecule has 25 heavy (non-hydrogen) atoms. The third-order valence-electron chi connectivity index (χ3n) is 3.26. The molecule has 0 spiro atoms. The molecule has 0 saturated heterocycles. The summed E-state index contributed by atoms with van der Waals surface area (Å²) in [4.78, 5) is 26.6. The first-order valence-electron chi connectivity index (χ1n) is 7.83. The summed E-state index contributed by atoms with van der Waals surface area (Å²) < 4.78 is 5.62. The van der Waals surface area contributed by atoms with Crippen molar-refractivity contribution >= 4 is 34.8 Å². The molecule has 0 aliphatic carbocycles. The summed E-state index contributed by atoms with van der Waals surface area (Å²) >= 11 is 7.26. The monoisotopic (exact) mass is 382 g/mol. The van der Waals surface area contributed by atoms with Gasteiger partial charge in [0, 0.05) is 23.4 Å². The van der Waals surface area contributed by atoms with Crippen molar-refractivity contribution in [2.75, 3.05) is 6.54 Å². The van der Waals surface area contributed by atoms with E-state index in [1.54, 1.807) is 24.3 Å².